The third-order valence-electron chi connectivity index (χ3n) is 4.21. The summed E-state index contributed by atoms with van der Waals surface area (Å²) < 4.78 is 40.3. The topological polar surface area (TPSA) is 0 Å². The lowest BCUT2D eigenvalue weighted by Crippen LogP contribution is -2.32. The normalized spacial score (nSPS) is 25.0. The average molecular weight is 322 g/mol. The van der Waals surface area contributed by atoms with Crippen LogP contribution in [0.5, 0.6) is 0 Å². The van der Waals surface area contributed by atoms with E-state index in [1.807, 2.05) is 13.0 Å². The van der Waals surface area contributed by atoms with Gasteiger partial charge in [-0.2, -0.15) is 0 Å². The predicted molar refractivity (Wildman–Crippen MR) is 86.7 cm³/mol. The first kappa shape index (κ1) is 16.9. The molecule has 0 radical (unpaired) electrons. The van der Waals surface area contributed by atoms with Gasteiger partial charge >= 0.3 is 0 Å². The van der Waals surface area contributed by atoms with E-state index in [2.05, 4.69) is 11.8 Å². The minimum atomic E-state index is -2.44. The van der Waals surface area contributed by atoms with Crippen LogP contribution in [0, 0.1) is 29.4 Å². The minimum absolute atomic E-state index is 0.396. The van der Waals surface area contributed by atoms with Gasteiger partial charge in [0, 0.05) is 5.56 Å². The fourth-order valence-electron chi connectivity index (χ4n) is 2.93. The number of hydrogen-bond donors (Lipinski definition) is 0. The summed E-state index contributed by atoms with van der Waals surface area (Å²) in [5.41, 5.74) is 0.449. The summed E-state index contributed by atoms with van der Waals surface area (Å²) in [5, 5.41) is 0. The third kappa shape index (κ3) is 4.77. The molecule has 118 valence electrons. The van der Waals surface area contributed by atoms with Crippen molar-refractivity contribution in [1.29, 1.82) is 0 Å². The highest BCUT2D eigenvalue weighted by atomic mass is 28.4. The average Bonchev–Trinajstić information content (AvgIpc) is 2.49. The summed E-state index contributed by atoms with van der Waals surface area (Å²) in [4.78, 5) is 0. The maximum absolute atomic E-state index is 14.4. The highest BCUT2D eigenvalue weighted by Gasteiger charge is 2.37. The van der Waals surface area contributed by atoms with Crippen LogP contribution in [0.3, 0.4) is 0 Å². The summed E-state index contributed by atoms with van der Waals surface area (Å²) in [6.45, 7) is 2.05. The van der Waals surface area contributed by atoms with Crippen LogP contribution < -0.4 is 0 Å². The molecule has 22 heavy (non-hydrogen) atoms. The lowest BCUT2D eigenvalue weighted by Gasteiger charge is -2.30. The molecule has 0 nitrogen and oxygen atoms in total. The zero-order valence-corrected chi connectivity index (χ0v) is 13.8. The van der Waals surface area contributed by atoms with Crippen LogP contribution in [0.2, 0.25) is 18.1 Å². The molecular formula is C18H21F3Si. The first-order valence-electron chi connectivity index (χ1n) is 7.84. The molecule has 1 heterocycles. The van der Waals surface area contributed by atoms with E-state index in [1.165, 1.54) is 6.07 Å². The Morgan fingerprint density at radius 1 is 1.23 bits per heavy atom. The maximum Gasteiger partial charge on any atom is 0.247 e. The van der Waals surface area contributed by atoms with Crippen molar-refractivity contribution in [3.63, 3.8) is 0 Å². The molecule has 0 aliphatic carbocycles. The molecule has 0 atom stereocenters. The largest absolute Gasteiger partial charge is 0.314 e. The van der Waals surface area contributed by atoms with Gasteiger partial charge in [-0.05, 0) is 61.2 Å². The molecule has 0 aromatic heterocycles. The molecule has 1 fully saturated rings. The lowest BCUT2D eigenvalue weighted by atomic mass is 10.0. The Balaban J connectivity index is 1.87. The van der Waals surface area contributed by atoms with Crippen LogP contribution in [-0.2, 0) is 0 Å². The van der Waals surface area contributed by atoms with E-state index in [0.29, 0.717) is 11.5 Å². The van der Waals surface area contributed by atoms with Crippen molar-refractivity contribution >= 4 is 8.41 Å². The smallest absolute Gasteiger partial charge is 0.247 e. The summed E-state index contributed by atoms with van der Waals surface area (Å²) in [6, 6.07) is 5.92. The minimum Gasteiger partial charge on any atom is -0.314 e. The van der Waals surface area contributed by atoms with Crippen LogP contribution in [0.15, 0.2) is 30.4 Å². The van der Waals surface area contributed by atoms with E-state index >= 15 is 0 Å². The molecular weight excluding hydrogens is 301 g/mol. The number of allylic oxidation sites excluding steroid dienone is 2. The van der Waals surface area contributed by atoms with Gasteiger partial charge in [0.2, 0.25) is 8.41 Å². The monoisotopic (exact) mass is 322 g/mol. The summed E-state index contributed by atoms with van der Waals surface area (Å²) >= 11 is 0. The van der Waals surface area contributed by atoms with Gasteiger partial charge in [-0.3, -0.25) is 0 Å². The molecule has 0 N–H and O–H groups in total. The van der Waals surface area contributed by atoms with Crippen molar-refractivity contribution in [2.45, 2.75) is 44.3 Å². The molecule has 1 aromatic carbocycles. The Bertz CT molecular complexity index is 590. The van der Waals surface area contributed by atoms with Crippen molar-refractivity contribution in [3.8, 4) is 11.8 Å². The summed E-state index contributed by atoms with van der Waals surface area (Å²) in [5.74, 6) is 4.26. The lowest BCUT2D eigenvalue weighted by molar-refractivity contribution is 0.508. The molecule has 0 spiro atoms. The molecule has 1 aromatic rings. The van der Waals surface area contributed by atoms with Crippen molar-refractivity contribution in [2.24, 2.45) is 5.92 Å². The van der Waals surface area contributed by atoms with Crippen molar-refractivity contribution in [3.05, 3.63) is 47.5 Å². The van der Waals surface area contributed by atoms with Crippen molar-refractivity contribution in [2.75, 3.05) is 0 Å². The predicted octanol–water partition coefficient (Wildman–Crippen LogP) is 5.61. The molecule has 1 aliphatic heterocycles. The Labute approximate surface area is 131 Å². The van der Waals surface area contributed by atoms with Crippen LogP contribution in [0.25, 0.3) is 0 Å². The van der Waals surface area contributed by atoms with Crippen LogP contribution in [0.4, 0.5) is 12.9 Å². The SMILES string of the molecule is CCC[Si]1(F)CCC(/C=C/C#Cc2ccc(F)c(F)c2)CC1. The van der Waals surface area contributed by atoms with Gasteiger partial charge in [0.25, 0.3) is 0 Å². The molecule has 2 rings (SSSR count). The van der Waals surface area contributed by atoms with Crippen LogP contribution in [-0.4, -0.2) is 8.41 Å². The van der Waals surface area contributed by atoms with E-state index in [0.717, 1.165) is 49.5 Å². The van der Waals surface area contributed by atoms with Crippen molar-refractivity contribution < 1.29 is 12.9 Å². The number of rotatable bonds is 3. The number of hydrogen-bond acceptors (Lipinski definition) is 0. The first-order chi connectivity index (χ1) is 10.5. The zero-order chi connectivity index (χ0) is 16.0. The highest BCUT2D eigenvalue weighted by Crippen LogP contribution is 2.37. The van der Waals surface area contributed by atoms with Gasteiger partial charge in [0.15, 0.2) is 11.6 Å². The molecule has 0 saturated carbocycles. The van der Waals surface area contributed by atoms with Crippen LogP contribution >= 0.6 is 0 Å². The molecule has 0 bridgehead atoms. The maximum atomic E-state index is 14.4. The molecule has 4 heteroatoms. The standard InChI is InChI=1S/C18H21F3Si/c1-2-11-22(21)12-9-15(10-13-22)5-3-4-6-16-7-8-17(19)18(20)14-16/h3,5,7-8,14-15H,2,9-13H2,1H3/b5-3+. The van der Waals surface area contributed by atoms with Gasteiger partial charge < -0.3 is 4.11 Å². The van der Waals surface area contributed by atoms with E-state index < -0.39 is 20.0 Å². The highest BCUT2D eigenvalue weighted by molar-refractivity contribution is 6.73. The second-order valence-electron chi connectivity index (χ2n) is 6.00. The number of benzene rings is 1. The fourth-order valence-corrected chi connectivity index (χ4v) is 6.35. The van der Waals surface area contributed by atoms with E-state index in [1.54, 1.807) is 6.08 Å². The summed E-state index contributed by atoms with van der Waals surface area (Å²) in [7, 11) is -2.44. The van der Waals surface area contributed by atoms with Gasteiger partial charge in [-0.1, -0.05) is 31.3 Å². The quantitative estimate of drug-likeness (QED) is 0.385. The Morgan fingerprint density at radius 2 is 1.95 bits per heavy atom. The van der Waals surface area contributed by atoms with Crippen molar-refractivity contribution in [1.82, 2.24) is 0 Å². The Hall–Kier alpha value is -1.47. The molecule has 1 aliphatic rings. The first-order valence-corrected chi connectivity index (χ1v) is 10.3. The Morgan fingerprint density at radius 3 is 2.59 bits per heavy atom. The molecule has 1 saturated heterocycles. The van der Waals surface area contributed by atoms with E-state index in [-0.39, 0.29) is 0 Å². The fraction of sp³-hybridized carbons (Fsp3) is 0.444. The van der Waals surface area contributed by atoms with Crippen LogP contribution in [0.1, 0.15) is 31.7 Å². The van der Waals surface area contributed by atoms with E-state index in [4.69, 9.17) is 0 Å². The third-order valence-corrected chi connectivity index (χ3v) is 7.98. The Kier molecular flexibility index (Phi) is 5.90. The second-order valence-corrected chi connectivity index (χ2v) is 9.80. The van der Waals surface area contributed by atoms with E-state index in [9.17, 15) is 12.9 Å². The van der Waals surface area contributed by atoms with Gasteiger partial charge in [0.1, 0.15) is 0 Å². The zero-order valence-electron chi connectivity index (χ0n) is 12.8. The van der Waals surface area contributed by atoms with Gasteiger partial charge in [0.05, 0.1) is 0 Å². The van der Waals surface area contributed by atoms with Gasteiger partial charge in [-0.15, -0.1) is 0 Å². The number of halogens is 3. The summed E-state index contributed by atoms with van der Waals surface area (Å²) in [6.07, 6.45) is 6.53. The second kappa shape index (κ2) is 7.69. The molecule has 0 amide bonds. The molecule has 0 unspecified atom stereocenters. The van der Waals surface area contributed by atoms with Gasteiger partial charge in [-0.25, -0.2) is 8.78 Å².